The number of carbonyl (C=O) groups is 2. The fourth-order valence-corrected chi connectivity index (χ4v) is 5.36. The number of amides is 3. The molecule has 40 heavy (non-hydrogen) atoms. The van der Waals surface area contributed by atoms with Crippen LogP contribution in [0.2, 0.25) is 5.02 Å². The third kappa shape index (κ3) is 6.85. The van der Waals surface area contributed by atoms with Crippen molar-refractivity contribution in [3.63, 3.8) is 0 Å². The molecular weight excluding hydrogens is 563 g/mol. The van der Waals surface area contributed by atoms with Crippen molar-refractivity contribution in [3.8, 4) is 5.69 Å². The minimum absolute atomic E-state index is 0. The van der Waals surface area contributed by atoms with Gasteiger partial charge < -0.3 is 21.2 Å². The first-order chi connectivity index (χ1) is 18.5. The van der Waals surface area contributed by atoms with Gasteiger partial charge in [0.15, 0.2) is 0 Å². The molecule has 0 bridgehead atoms. The van der Waals surface area contributed by atoms with Crippen molar-refractivity contribution in [1.82, 2.24) is 19.2 Å². The molecule has 0 unspecified atom stereocenters. The number of aromatic nitrogens is 2. The quantitative estimate of drug-likeness (QED) is 0.282. The van der Waals surface area contributed by atoms with Gasteiger partial charge in [-0.15, -0.1) is 0 Å². The molecule has 204 valence electrons. The molecule has 0 atom stereocenters. The zero-order valence-electron chi connectivity index (χ0n) is 22.4. The van der Waals surface area contributed by atoms with E-state index in [1.165, 1.54) is 30.1 Å². The van der Waals surface area contributed by atoms with Gasteiger partial charge in [-0.05, 0) is 53.9 Å². The summed E-state index contributed by atoms with van der Waals surface area (Å²) < 4.78 is 29.2. The summed E-state index contributed by atoms with van der Waals surface area (Å²) in [6.45, 7) is 2.56. The number of fused-ring (bicyclic) bond motifs is 1. The summed E-state index contributed by atoms with van der Waals surface area (Å²) in [6.07, 6.45) is 1.14. The molecule has 0 saturated carbocycles. The Kier molecular flexibility index (Phi) is 10.4. The summed E-state index contributed by atoms with van der Waals surface area (Å²) in [5.74, 6) is -0.0880. The van der Waals surface area contributed by atoms with Crippen LogP contribution in [0, 0.1) is 0 Å². The van der Waals surface area contributed by atoms with E-state index in [-0.39, 0.29) is 45.0 Å². The Hall–Kier alpha value is -2.93. The van der Waals surface area contributed by atoms with E-state index in [1.807, 2.05) is 35.8 Å². The maximum Gasteiger partial charge on any atom is 1.00 e. The third-order valence-electron chi connectivity index (χ3n) is 6.34. The first-order valence-electron chi connectivity index (χ1n) is 12.2. The summed E-state index contributed by atoms with van der Waals surface area (Å²) in [6, 6.07) is 16.2. The van der Waals surface area contributed by atoms with Gasteiger partial charge in [0.05, 0.1) is 26.9 Å². The number of rotatable bonds is 9. The van der Waals surface area contributed by atoms with Crippen LogP contribution in [0.25, 0.3) is 22.5 Å². The van der Waals surface area contributed by atoms with Gasteiger partial charge in [-0.25, -0.2) is 22.9 Å². The Morgan fingerprint density at radius 2 is 1.70 bits per heavy atom. The van der Waals surface area contributed by atoms with E-state index < -0.39 is 22.0 Å². The molecule has 0 fully saturated rings. The van der Waals surface area contributed by atoms with Gasteiger partial charge in [0.2, 0.25) is 0 Å². The number of aryl methyl sites for hydroxylation is 1. The van der Waals surface area contributed by atoms with E-state index in [1.54, 1.807) is 18.2 Å². The average molecular weight is 591 g/mol. The number of urea groups is 1. The number of nitrogens with zero attached hydrogens (tertiary/aromatic N) is 3. The average Bonchev–Trinajstić information content (AvgIpc) is 3.28. The first-order valence-corrected chi connectivity index (χ1v) is 14.0. The van der Waals surface area contributed by atoms with E-state index in [0.717, 1.165) is 28.2 Å². The molecule has 1 aromatic heterocycles. The summed E-state index contributed by atoms with van der Waals surface area (Å²) >= 11 is 6.26. The molecular formula is C27H28ClN6NaO4S. The van der Waals surface area contributed by atoms with Crippen LogP contribution in [0.1, 0.15) is 34.2 Å². The summed E-state index contributed by atoms with van der Waals surface area (Å²) in [4.78, 5) is 30.0. The minimum atomic E-state index is -4.01. The van der Waals surface area contributed by atoms with Crippen LogP contribution in [-0.4, -0.2) is 48.4 Å². The number of likely N-dealkylation sites (N-methyl/N-ethyl adjacent to an activating group) is 1. The zero-order valence-corrected chi connectivity index (χ0v) is 26.0. The van der Waals surface area contributed by atoms with Gasteiger partial charge in [0, 0.05) is 37.8 Å². The van der Waals surface area contributed by atoms with Crippen molar-refractivity contribution in [2.45, 2.75) is 31.2 Å². The Balaban J connectivity index is 0.00000441. The smallest absolute Gasteiger partial charge is 0.664 e. The number of imidazole rings is 1. The molecule has 1 heterocycles. The molecule has 0 aliphatic heterocycles. The Morgan fingerprint density at radius 1 is 1.07 bits per heavy atom. The van der Waals surface area contributed by atoms with Crippen molar-refractivity contribution < 1.29 is 47.6 Å². The largest absolute Gasteiger partial charge is 1.00 e. The maximum atomic E-state index is 12.6. The third-order valence-corrected chi connectivity index (χ3v) is 7.99. The fourth-order valence-electron chi connectivity index (χ4n) is 4.11. The fraction of sp³-hybridized carbons (Fsp3) is 0.222. The Labute approximate surface area is 260 Å². The predicted molar refractivity (Wildman–Crippen MR) is 150 cm³/mol. The molecule has 0 radical (unpaired) electrons. The SMILES string of the molecule is CCc1nc2cc(C([NH-])=O)c(Cl)cc2n1-c1ccc(CCN(C)C(=O)NS(=O)(=O)c2ccc(CN)cc2)cc1.[Na+]. The molecule has 10 nitrogen and oxygen atoms in total. The predicted octanol–water partition coefficient (Wildman–Crippen LogP) is 1.47. The standard InChI is InChI=1S/C27H29ClN6O4S.Na/c1-3-25-31-23-14-21(26(30)35)22(28)15-24(23)34(25)19-8-4-17(5-9-19)12-13-33(2)27(36)32-39(37,38)20-10-6-18(16-29)7-11-20;/h4-11,14-15H,3,12-13,16,29H2,1-2H3,(H3,30,32,35,36);/q;+1/p-1. The molecule has 3 aromatic carbocycles. The summed E-state index contributed by atoms with van der Waals surface area (Å²) in [7, 11) is -2.48. The molecule has 0 aliphatic carbocycles. The van der Waals surface area contributed by atoms with Gasteiger partial charge in [0.1, 0.15) is 5.82 Å². The number of hydrogen-bond acceptors (Lipinski definition) is 6. The van der Waals surface area contributed by atoms with Gasteiger partial charge in [-0.2, -0.15) is 0 Å². The van der Waals surface area contributed by atoms with Gasteiger partial charge >= 0.3 is 35.6 Å². The van der Waals surface area contributed by atoms with E-state index in [0.29, 0.717) is 31.4 Å². The van der Waals surface area contributed by atoms with E-state index in [9.17, 15) is 18.0 Å². The summed E-state index contributed by atoms with van der Waals surface area (Å²) in [5.41, 5.74) is 16.9. The van der Waals surface area contributed by atoms with Crippen LogP contribution in [0.3, 0.4) is 0 Å². The minimum Gasteiger partial charge on any atom is -0.664 e. The molecule has 0 aliphatic rings. The number of benzene rings is 3. The van der Waals surface area contributed by atoms with Crippen molar-refractivity contribution >= 4 is 44.6 Å². The molecule has 0 spiro atoms. The number of halogens is 1. The van der Waals surface area contributed by atoms with Gasteiger partial charge in [0.25, 0.3) is 10.0 Å². The molecule has 4 rings (SSSR count). The monoisotopic (exact) mass is 590 g/mol. The van der Waals surface area contributed by atoms with Crippen LogP contribution in [0.4, 0.5) is 4.79 Å². The number of carbonyl (C=O) groups excluding carboxylic acids is 2. The number of nitrogens with two attached hydrogens (primary N) is 1. The Bertz CT molecular complexity index is 1640. The second-order valence-corrected chi connectivity index (χ2v) is 11.1. The Morgan fingerprint density at radius 3 is 2.27 bits per heavy atom. The zero-order chi connectivity index (χ0) is 28.3. The molecule has 4 aromatic rings. The maximum absolute atomic E-state index is 12.6. The van der Waals surface area contributed by atoms with Gasteiger partial charge in [-0.1, -0.05) is 42.8 Å². The second-order valence-electron chi connectivity index (χ2n) is 8.96. The number of hydrogen-bond donors (Lipinski definition) is 2. The van der Waals surface area contributed by atoms with E-state index in [2.05, 4.69) is 9.71 Å². The van der Waals surface area contributed by atoms with Crippen LogP contribution < -0.4 is 40.0 Å². The van der Waals surface area contributed by atoms with Crippen LogP contribution in [0.5, 0.6) is 0 Å². The molecule has 4 N–H and O–H groups in total. The second kappa shape index (κ2) is 13.2. The topological polar surface area (TPSA) is 151 Å². The number of sulfonamides is 1. The van der Waals surface area contributed by atoms with Crippen molar-refractivity contribution in [3.05, 3.63) is 93.9 Å². The van der Waals surface area contributed by atoms with Crippen LogP contribution in [0.15, 0.2) is 65.6 Å². The molecule has 0 saturated heterocycles. The van der Waals surface area contributed by atoms with Crippen molar-refractivity contribution in [2.75, 3.05) is 13.6 Å². The van der Waals surface area contributed by atoms with Crippen molar-refractivity contribution in [1.29, 1.82) is 0 Å². The summed E-state index contributed by atoms with van der Waals surface area (Å²) in [5, 5.41) is 0.193. The van der Waals surface area contributed by atoms with Gasteiger partial charge in [-0.3, -0.25) is 4.57 Å². The van der Waals surface area contributed by atoms with Crippen LogP contribution >= 0.6 is 11.6 Å². The van der Waals surface area contributed by atoms with Crippen molar-refractivity contribution in [2.24, 2.45) is 5.73 Å². The van der Waals surface area contributed by atoms with Crippen LogP contribution in [-0.2, 0) is 29.4 Å². The molecule has 3 amide bonds. The molecule has 13 heteroatoms. The van der Waals surface area contributed by atoms with E-state index >= 15 is 0 Å². The first kappa shape index (κ1) is 31.6. The number of nitrogens with one attached hydrogen (secondary N) is 2. The normalized spacial score (nSPS) is 11.2. The van der Waals surface area contributed by atoms with E-state index in [4.69, 9.17) is 23.1 Å².